The summed E-state index contributed by atoms with van der Waals surface area (Å²) in [4.78, 5) is 11.5. The second kappa shape index (κ2) is 6.17. The average Bonchev–Trinajstić information content (AvgIpc) is 2.33. The Morgan fingerprint density at radius 1 is 1.16 bits per heavy atom. The van der Waals surface area contributed by atoms with Gasteiger partial charge < -0.3 is 14.2 Å². The summed E-state index contributed by atoms with van der Waals surface area (Å²) in [6.45, 7) is 4.95. The lowest BCUT2D eigenvalue weighted by molar-refractivity contribution is -0.156. The second-order valence-corrected chi connectivity index (χ2v) is 4.93. The number of carbonyl (C=O) groups is 1. The van der Waals surface area contributed by atoms with Crippen molar-refractivity contribution in [1.29, 1.82) is 0 Å². The van der Waals surface area contributed by atoms with E-state index in [0.29, 0.717) is 19.6 Å². The molecule has 1 saturated carbocycles. The molecule has 0 aliphatic heterocycles. The quantitative estimate of drug-likeness (QED) is 0.738. The van der Waals surface area contributed by atoms with Gasteiger partial charge >= 0.3 is 0 Å². The number of hydrogen-bond acceptors (Lipinski definition) is 4. The molecule has 1 aliphatic carbocycles. The molecule has 19 heavy (non-hydrogen) atoms. The maximum Gasteiger partial charge on any atom is 0.169 e. The molecule has 0 heterocycles. The summed E-state index contributed by atoms with van der Waals surface area (Å²) in [6.07, 6.45) is -0.202. The zero-order valence-electron chi connectivity index (χ0n) is 11.6. The van der Waals surface area contributed by atoms with Crippen LogP contribution in [0.5, 0.6) is 5.75 Å². The Balaban J connectivity index is 1.93. The first-order valence-corrected chi connectivity index (χ1v) is 6.48. The first-order valence-electron chi connectivity index (χ1n) is 6.48. The topological polar surface area (TPSA) is 44.8 Å². The largest absolute Gasteiger partial charge is 0.487 e. The van der Waals surface area contributed by atoms with Crippen LogP contribution in [0.4, 0.5) is 0 Å². The third-order valence-corrected chi connectivity index (χ3v) is 3.12. The van der Waals surface area contributed by atoms with Gasteiger partial charge in [0.2, 0.25) is 0 Å². The monoisotopic (exact) mass is 264 g/mol. The minimum Gasteiger partial charge on any atom is -0.487 e. The molecule has 4 nitrogen and oxygen atoms in total. The van der Waals surface area contributed by atoms with E-state index in [1.54, 1.807) is 7.11 Å². The Labute approximate surface area is 113 Å². The third kappa shape index (κ3) is 3.55. The van der Waals surface area contributed by atoms with Crippen LogP contribution in [0.15, 0.2) is 18.2 Å². The van der Waals surface area contributed by atoms with E-state index in [0.717, 1.165) is 16.9 Å². The molecule has 1 fully saturated rings. The first kappa shape index (κ1) is 14.0. The molecule has 0 radical (unpaired) electrons. The van der Waals surface area contributed by atoms with E-state index in [1.807, 2.05) is 26.0 Å². The van der Waals surface area contributed by atoms with Gasteiger partial charge in [-0.15, -0.1) is 0 Å². The molecule has 0 saturated heterocycles. The van der Waals surface area contributed by atoms with Gasteiger partial charge in [-0.2, -0.15) is 0 Å². The molecule has 2 rings (SSSR count). The van der Waals surface area contributed by atoms with Crippen LogP contribution in [-0.4, -0.2) is 38.3 Å². The molecule has 4 heteroatoms. The number of ketones is 1. The van der Waals surface area contributed by atoms with Crippen molar-refractivity contribution in [3.05, 3.63) is 29.3 Å². The Hall–Kier alpha value is -1.39. The molecule has 1 aromatic rings. The molecule has 1 aliphatic rings. The van der Waals surface area contributed by atoms with Crippen molar-refractivity contribution < 1.29 is 19.0 Å². The van der Waals surface area contributed by atoms with Crippen molar-refractivity contribution >= 4 is 5.78 Å². The van der Waals surface area contributed by atoms with Crippen molar-refractivity contribution in [2.45, 2.75) is 32.5 Å². The van der Waals surface area contributed by atoms with Gasteiger partial charge in [0, 0.05) is 13.5 Å². The van der Waals surface area contributed by atoms with E-state index >= 15 is 0 Å². The summed E-state index contributed by atoms with van der Waals surface area (Å²) in [5.41, 5.74) is 2.30. The number of hydrogen-bond donors (Lipinski definition) is 0. The predicted molar refractivity (Wildman–Crippen MR) is 71.6 cm³/mol. The zero-order chi connectivity index (χ0) is 13.8. The van der Waals surface area contributed by atoms with Crippen molar-refractivity contribution in [1.82, 2.24) is 0 Å². The molecule has 0 N–H and O–H groups in total. The summed E-state index contributed by atoms with van der Waals surface area (Å²) in [5, 5.41) is 0. The molecular weight excluding hydrogens is 244 g/mol. The Morgan fingerprint density at radius 3 is 2.42 bits per heavy atom. The standard InChI is InChI=1S/C15H20O4/c1-10-6-11(2)8-12(7-10)19-14-9-13(16)15(14)18-5-4-17-3/h6-8,14-15H,4-5,9H2,1-3H3. The van der Waals surface area contributed by atoms with Crippen LogP contribution < -0.4 is 4.74 Å². The highest BCUT2D eigenvalue weighted by molar-refractivity contribution is 5.90. The number of carbonyl (C=O) groups excluding carboxylic acids is 1. The van der Waals surface area contributed by atoms with E-state index < -0.39 is 6.10 Å². The average molecular weight is 264 g/mol. The molecule has 0 bridgehead atoms. The SMILES string of the molecule is COCCOC1C(=O)CC1Oc1cc(C)cc(C)c1. The fraction of sp³-hybridized carbons (Fsp3) is 0.533. The third-order valence-electron chi connectivity index (χ3n) is 3.12. The van der Waals surface area contributed by atoms with Crippen LogP contribution >= 0.6 is 0 Å². The van der Waals surface area contributed by atoms with Gasteiger partial charge in [-0.1, -0.05) is 6.07 Å². The highest BCUT2D eigenvalue weighted by atomic mass is 16.6. The highest BCUT2D eigenvalue weighted by Crippen LogP contribution is 2.27. The summed E-state index contributed by atoms with van der Waals surface area (Å²) in [6, 6.07) is 6.04. The van der Waals surface area contributed by atoms with Crippen LogP contribution in [0.2, 0.25) is 0 Å². The fourth-order valence-electron chi connectivity index (χ4n) is 2.21. The van der Waals surface area contributed by atoms with Crippen molar-refractivity contribution in [3.8, 4) is 5.75 Å². The second-order valence-electron chi connectivity index (χ2n) is 4.93. The lowest BCUT2D eigenvalue weighted by Gasteiger charge is -2.34. The van der Waals surface area contributed by atoms with E-state index in [1.165, 1.54) is 0 Å². The van der Waals surface area contributed by atoms with Crippen LogP contribution in [0, 0.1) is 13.8 Å². The maximum atomic E-state index is 11.5. The lowest BCUT2D eigenvalue weighted by atomic mass is 9.90. The van der Waals surface area contributed by atoms with Crippen molar-refractivity contribution in [2.75, 3.05) is 20.3 Å². The van der Waals surface area contributed by atoms with E-state index in [4.69, 9.17) is 14.2 Å². The van der Waals surface area contributed by atoms with Gasteiger partial charge in [-0.25, -0.2) is 0 Å². The van der Waals surface area contributed by atoms with Crippen molar-refractivity contribution in [2.24, 2.45) is 0 Å². The Kier molecular flexibility index (Phi) is 4.56. The highest BCUT2D eigenvalue weighted by Gasteiger charge is 2.42. The Morgan fingerprint density at radius 2 is 1.84 bits per heavy atom. The van der Waals surface area contributed by atoms with Gasteiger partial charge in [0.15, 0.2) is 11.9 Å². The molecular formula is C15H20O4. The minimum absolute atomic E-state index is 0.102. The number of benzene rings is 1. The minimum atomic E-state index is -0.448. The smallest absolute Gasteiger partial charge is 0.169 e. The van der Waals surface area contributed by atoms with E-state index in [2.05, 4.69) is 6.07 Å². The van der Waals surface area contributed by atoms with Crippen LogP contribution in [-0.2, 0) is 14.3 Å². The molecule has 0 spiro atoms. The molecule has 104 valence electrons. The molecule has 1 aromatic carbocycles. The van der Waals surface area contributed by atoms with Crippen molar-refractivity contribution in [3.63, 3.8) is 0 Å². The summed E-state index contributed by atoms with van der Waals surface area (Å²) >= 11 is 0. The van der Waals surface area contributed by atoms with Crippen LogP contribution in [0.25, 0.3) is 0 Å². The molecule has 2 atom stereocenters. The zero-order valence-corrected chi connectivity index (χ0v) is 11.6. The predicted octanol–water partition coefficient (Wildman–Crippen LogP) is 2.06. The normalized spacial score (nSPS) is 22.2. The molecule has 0 amide bonds. The molecule has 0 aromatic heterocycles. The van der Waals surface area contributed by atoms with Gasteiger partial charge in [0.1, 0.15) is 11.9 Å². The van der Waals surface area contributed by atoms with Gasteiger partial charge in [0.05, 0.1) is 13.2 Å². The fourth-order valence-corrected chi connectivity index (χ4v) is 2.21. The van der Waals surface area contributed by atoms with Gasteiger partial charge in [-0.05, 0) is 37.1 Å². The number of methoxy groups -OCH3 is 1. The maximum absolute atomic E-state index is 11.5. The van der Waals surface area contributed by atoms with Gasteiger partial charge in [-0.3, -0.25) is 4.79 Å². The first-order chi connectivity index (χ1) is 9.10. The summed E-state index contributed by atoms with van der Waals surface area (Å²) in [5.74, 6) is 0.904. The van der Waals surface area contributed by atoms with Crippen LogP contribution in [0.1, 0.15) is 17.5 Å². The van der Waals surface area contributed by atoms with Crippen LogP contribution in [0.3, 0.4) is 0 Å². The summed E-state index contributed by atoms with van der Waals surface area (Å²) in [7, 11) is 1.61. The number of aryl methyl sites for hydroxylation is 2. The summed E-state index contributed by atoms with van der Waals surface area (Å²) < 4.78 is 16.2. The number of ether oxygens (including phenoxy) is 3. The van der Waals surface area contributed by atoms with E-state index in [-0.39, 0.29) is 11.9 Å². The molecule has 2 unspecified atom stereocenters. The lowest BCUT2D eigenvalue weighted by Crippen LogP contribution is -2.52. The number of Topliss-reactive ketones (excluding diaryl/α,β-unsaturated/α-hetero) is 1. The number of rotatable bonds is 6. The Bertz CT molecular complexity index is 435. The van der Waals surface area contributed by atoms with Gasteiger partial charge in [0.25, 0.3) is 0 Å². The van der Waals surface area contributed by atoms with E-state index in [9.17, 15) is 4.79 Å².